The molecule has 0 aliphatic heterocycles. The van der Waals surface area contributed by atoms with Crippen LogP contribution in [0.1, 0.15) is 32.1 Å². The van der Waals surface area contributed by atoms with Crippen molar-refractivity contribution in [2.45, 2.75) is 32.6 Å². The lowest BCUT2D eigenvalue weighted by atomic mass is 9.91. The molecule has 0 radical (unpaired) electrons. The van der Waals surface area contributed by atoms with E-state index >= 15 is 0 Å². The number of hydrogen-bond acceptors (Lipinski definition) is 3. The maximum absolute atomic E-state index is 11.6. The van der Waals surface area contributed by atoms with Crippen LogP contribution >= 0.6 is 11.3 Å². The fraction of sp³-hybridized carbons (Fsp3) is 0.571. The molecule has 0 saturated heterocycles. The highest BCUT2D eigenvalue weighted by Gasteiger charge is 2.22. The van der Waals surface area contributed by atoms with E-state index in [9.17, 15) is 9.59 Å². The molecule has 1 aromatic rings. The zero-order valence-corrected chi connectivity index (χ0v) is 12.9. The summed E-state index contributed by atoms with van der Waals surface area (Å²) < 4.78 is 0. The van der Waals surface area contributed by atoms with Gasteiger partial charge in [-0.05, 0) is 17.9 Å². The van der Waals surface area contributed by atoms with Gasteiger partial charge in [-0.25, -0.2) is 4.79 Å². The van der Waals surface area contributed by atoms with Crippen molar-refractivity contribution in [1.29, 1.82) is 0 Å². The van der Waals surface area contributed by atoms with Crippen molar-refractivity contribution in [2.24, 2.45) is 5.92 Å². The second kappa shape index (κ2) is 7.28. The third kappa shape index (κ3) is 5.21. The Morgan fingerprint density at radius 3 is 2.65 bits per heavy atom. The lowest BCUT2D eigenvalue weighted by molar-refractivity contribution is -0.141. The summed E-state index contributed by atoms with van der Waals surface area (Å²) in [6.45, 7) is 6.67. The number of carbonyl (C=O) groups is 2. The average Bonchev–Trinajstić information content (AvgIpc) is 2.90. The molecule has 0 saturated carbocycles. The second-order valence-electron chi connectivity index (χ2n) is 5.50. The van der Waals surface area contributed by atoms with Gasteiger partial charge in [0.05, 0.1) is 5.92 Å². The van der Waals surface area contributed by atoms with Crippen LogP contribution in [0.2, 0.25) is 0 Å². The van der Waals surface area contributed by atoms with Gasteiger partial charge in [0.1, 0.15) is 0 Å². The van der Waals surface area contributed by atoms with E-state index < -0.39 is 11.9 Å². The predicted molar refractivity (Wildman–Crippen MR) is 80.2 cm³/mol. The van der Waals surface area contributed by atoms with E-state index in [1.807, 2.05) is 11.4 Å². The summed E-state index contributed by atoms with van der Waals surface area (Å²) in [5.74, 6) is -1.29. The van der Waals surface area contributed by atoms with Gasteiger partial charge in [-0.1, -0.05) is 26.8 Å². The highest BCUT2D eigenvalue weighted by Crippen LogP contribution is 2.26. The Bertz CT molecular complexity index is 443. The first-order valence-electron chi connectivity index (χ1n) is 6.61. The first kappa shape index (κ1) is 16.5. The first-order valence-corrected chi connectivity index (χ1v) is 7.49. The van der Waals surface area contributed by atoms with Crippen LogP contribution in [-0.2, 0) is 10.2 Å². The third-order valence-electron chi connectivity index (χ3n) is 3.16. The van der Waals surface area contributed by atoms with E-state index in [-0.39, 0.29) is 11.4 Å². The van der Waals surface area contributed by atoms with Gasteiger partial charge >= 0.3 is 12.0 Å². The Balaban J connectivity index is 2.28. The van der Waals surface area contributed by atoms with Crippen LogP contribution in [-0.4, -0.2) is 30.2 Å². The van der Waals surface area contributed by atoms with Crippen molar-refractivity contribution in [2.75, 3.05) is 13.1 Å². The maximum Gasteiger partial charge on any atom is 0.314 e. The smallest absolute Gasteiger partial charge is 0.314 e. The number of urea groups is 1. The molecule has 20 heavy (non-hydrogen) atoms. The van der Waals surface area contributed by atoms with Crippen molar-refractivity contribution in [3.05, 3.63) is 22.4 Å². The van der Waals surface area contributed by atoms with Crippen LogP contribution in [0.5, 0.6) is 0 Å². The largest absolute Gasteiger partial charge is 0.481 e. The number of amides is 2. The van der Waals surface area contributed by atoms with Crippen LogP contribution in [0.15, 0.2) is 17.5 Å². The highest BCUT2D eigenvalue weighted by molar-refractivity contribution is 7.10. The molecule has 5 nitrogen and oxygen atoms in total. The number of carbonyl (C=O) groups excluding carboxylic acids is 1. The topological polar surface area (TPSA) is 78.4 Å². The van der Waals surface area contributed by atoms with Crippen LogP contribution in [0.3, 0.4) is 0 Å². The minimum absolute atomic E-state index is 0.111. The van der Waals surface area contributed by atoms with E-state index in [2.05, 4.69) is 30.5 Å². The van der Waals surface area contributed by atoms with Crippen molar-refractivity contribution >= 4 is 23.3 Å². The lowest BCUT2D eigenvalue weighted by Crippen LogP contribution is -2.42. The average molecular weight is 298 g/mol. The van der Waals surface area contributed by atoms with Crippen LogP contribution in [0, 0.1) is 5.92 Å². The number of nitrogens with one attached hydrogen (secondary N) is 2. The fourth-order valence-corrected chi connectivity index (χ4v) is 2.49. The van der Waals surface area contributed by atoms with Crippen LogP contribution in [0.25, 0.3) is 0 Å². The molecule has 0 spiro atoms. The zero-order chi connectivity index (χ0) is 15.2. The monoisotopic (exact) mass is 298 g/mol. The van der Waals surface area contributed by atoms with E-state index in [0.29, 0.717) is 19.5 Å². The molecule has 1 rings (SSSR count). The Morgan fingerprint density at radius 1 is 1.40 bits per heavy atom. The highest BCUT2D eigenvalue weighted by atomic mass is 32.1. The Kier molecular flexibility index (Phi) is 6.01. The molecular formula is C14H22N2O3S. The summed E-state index contributed by atoms with van der Waals surface area (Å²) in [4.78, 5) is 23.5. The lowest BCUT2D eigenvalue weighted by Gasteiger charge is -2.23. The van der Waals surface area contributed by atoms with Gasteiger partial charge in [0.2, 0.25) is 0 Å². The molecule has 1 atom stereocenters. The molecule has 0 fully saturated rings. The predicted octanol–water partition coefficient (Wildman–Crippen LogP) is 2.44. The molecular weight excluding hydrogens is 276 g/mol. The van der Waals surface area contributed by atoms with Crippen molar-refractivity contribution in [3.8, 4) is 0 Å². The number of aliphatic carboxylic acids is 1. The Labute approximate surface area is 123 Å². The molecule has 112 valence electrons. The van der Waals surface area contributed by atoms with E-state index in [1.54, 1.807) is 18.3 Å². The SMILES string of the molecule is CC(CCNC(=O)NCC(C)(C)c1cccs1)C(=O)O. The van der Waals surface area contributed by atoms with Crippen molar-refractivity contribution < 1.29 is 14.7 Å². The zero-order valence-electron chi connectivity index (χ0n) is 12.1. The minimum Gasteiger partial charge on any atom is -0.481 e. The van der Waals surface area contributed by atoms with Gasteiger partial charge < -0.3 is 15.7 Å². The van der Waals surface area contributed by atoms with Crippen LogP contribution < -0.4 is 10.6 Å². The molecule has 0 aliphatic rings. The van der Waals surface area contributed by atoms with Crippen LogP contribution in [0.4, 0.5) is 4.79 Å². The van der Waals surface area contributed by atoms with Gasteiger partial charge in [0, 0.05) is 23.4 Å². The second-order valence-corrected chi connectivity index (χ2v) is 6.45. The van der Waals surface area contributed by atoms with Gasteiger partial charge in [-0.15, -0.1) is 11.3 Å². The third-order valence-corrected chi connectivity index (χ3v) is 4.40. The summed E-state index contributed by atoms with van der Waals surface area (Å²) >= 11 is 1.67. The number of carboxylic acid groups (broad SMARTS) is 1. The molecule has 0 aromatic carbocycles. The van der Waals surface area contributed by atoms with Gasteiger partial charge in [-0.2, -0.15) is 0 Å². The number of carboxylic acids is 1. The van der Waals surface area contributed by atoms with E-state index in [4.69, 9.17) is 5.11 Å². The Morgan fingerprint density at radius 2 is 2.10 bits per heavy atom. The maximum atomic E-state index is 11.6. The quantitative estimate of drug-likeness (QED) is 0.723. The normalized spacial score (nSPS) is 12.8. The molecule has 1 unspecified atom stereocenters. The molecule has 0 aliphatic carbocycles. The standard InChI is InChI=1S/C14H22N2O3S/c1-10(12(17)18)6-7-15-13(19)16-9-14(2,3)11-5-4-8-20-11/h4-5,8,10H,6-7,9H2,1-3H3,(H,17,18)(H2,15,16,19). The molecule has 0 bridgehead atoms. The molecule has 1 heterocycles. The van der Waals surface area contributed by atoms with Gasteiger partial charge in [0.25, 0.3) is 0 Å². The number of rotatable bonds is 7. The molecule has 1 aromatic heterocycles. The first-order chi connectivity index (χ1) is 9.33. The fourth-order valence-electron chi connectivity index (χ4n) is 1.64. The number of thiophene rings is 1. The summed E-state index contributed by atoms with van der Waals surface area (Å²) in [7, 11) is 0. The van der Waals surface area contributed by atoms with Gasteiger partial charge in [0.15, 0.2) is 0 Å². The molecule has 2 amide bonds. The van der Waals surface area contributed by atoms with Gasteiger partial charge in [-0.3, -0.25) is 4.79 Å². The molecule has 6 heteroatoms. The van der Waals surface area contributed by atoms with Crippen molar-refractivity contribution in [3.63, 3.8) is 0 Å². The summed E-state index contributed by atoms with van der Waals surface area (Å²) in [6.07, 6.45) is 0.428. The van der Waals surface area contributed by atoms with E-state index in [1.165, 1.54) is 4.88 Å². The summed E-state index contributed by atoms with van der Waals surface area (Å²) in [5, 5.41) is 16.3. The molecule has 3 N–H and O–H groups in total. The summed E-state index contributed by atoms with van der Waals surface area (Å²) in [5.41, 5.74) is -0.111. The summed E-state index contributed by atoms with van der Waals surface area (Å²) in [6, 6.07) is 3.79. The van der Waals surface area contributed by atoms with E-state index in [0.717, 1.165) is 0 Å². The Hall–Kier alpha value is -1.56. The number of hydrogen-bond donors (Lipinski definition) is 3. The van der Waals surface area contributed by atoms with Crippen molar-refractivity contribution in [1.82, 2.24) is 10.6 Å². The minimum atomic E-state index is -0.842.